The smallest absolute Gasteiger partial charge is 0.239 e. The van der Waals surface area contributed by atoms with Crippen molar-refractivity contribution in [2.45, 2.75) is 51.2 Å². The number of amides is 1. The Morgan fingerprint density at radius 1 is 0.963 bits per heavy atom. The van der Waals surface area contributed by atoms with Gasteiger partial charge >= 0.3 is 0 Å². The zero-order valence-corrected chi connectivity index (χ0v) is 17.7. The largest absolute Gasteiger partial charge is 0.273 e. The highest BCUT2D eigenvalue weighted by Gasteiger charge is 2.63. The molecule has 5 rings (SSSR count). The Hall–Kier alpha value is -1.91. The second-order valence-corrected chi connectivity index (χ2v) is 9.71. The van der Waals surface area contributed by atoms with E-state index in [1.807, 2.05) is 11.1 Å². The van der Waals surface area contributed by atoms with Gasteiger partial charge in [-0.3, -0.25) is 9.80 Å². The Morgan fingerprint density at radius 2 is 1.59 bits per heavy atom. The Balaban J connectivity index is 1.87. The lowest BCUT2D eigenvalue weighted by Gasteiger charge is -2.38. The first-order chi connectivity index (χ1) is 12.7. The summed E-state index contributed by atoms with van der Waals surface area (Å²) in [6.45, 7) is 8.75. The molecule has 4 heteroatoms. The van der Waals surface area contributed by atoms with Gasteiger partial charge in [-0.2, -0.15) is 0 Å². The van der Waals surface area contributed by atoms with Crippen LogP contribution >= 0.6 is 15.9 Å². The van der Waals surface area contributed by atoms with E-state index < -0.39 is 0 Å². The molecule has 2 aromatic carbocycles. The number of benzene rings is 2. The second kappa shape index (κ2) is 5.33. The van der Waals surface area contributed by atoms with Crippen LogP contribution in [0.4, 0.5) is 0 Å². The average molecular weight is 423 g/mol. The maximum atomic E-state index is 13.0. The number of hydrogen-bond acceptors (Lipinski definition) is 2. The first kappa shape index (κ1) is 17.2. The number of halogens is 1. The van der Waals surface area contributed by atoms with E-state index in [-0.39, 0.29) is 23.0 Å². The van der Waals surface area contributed by atoms with E-state index in [1.54, 1.807) is 0 Å². The predicted octanol–water partition coefficient (Wildman–Crippen LogP) is 5.33. The number of nitrogens with zero attached hydrogens (tertiary/aromatic N) is 2. The van der Waals surface area contributed by atoms with Crippen LogP contribution in [0.15, 0.2) is 58.6 Å². The van der Waals surface area contributed by atoms with Crippen molar-refractivity contribution in [2.75, 3.05) is 0 Å². The van der Waals surface area contributed by atoms with E-state index in [0.29, 0.717) is 6.42 Å². The van der Waals surface area contributed by atoms with Crippen molar-refractivity contribution in [2.24, 2.45) is 0 Å². The highest BCUT2D eigenvalue weighted by molar-refractivity contribution is 9.10. The number of carbonyl (C=O) groups excluding carboxylic acids is 1. The monoisotopic (exact) mass is 422 g/mol. The molecule has 0 aromatic heterocycles. The quantitative estimate of drug-likeness (QED) is 0.620. The first-order valence-electron chi connectivity index (χ1n) is 9.46. The normalized spacial score (nSPS) is 25.0. The van der Waals surface area contributed by atoms with Crippen molar-refractivity contribution < 1.29 is 4.79 Å². The Labute approximate surface area is 168 Å². The molecule has 0 N–H and O–H groups in total. The number of carbonyl (C=O) groups is 1. The molecule has 27 heavy (non-hydrogen) atoms. The highest BCUT2D eigenvalue weighted by Crippen LogP contribution is 2.61. The minimum absolute atomic E-state index is 0.111. The summed E-state index contributed by atoms with van der Waals surface area (Å²) in [7, 11) is 0. The van der Waals surface area contributed by atoms with Crippen LogP contribution in [0.1, 0.15) is 56.8 Å². The fourth-order valence-corrected chi connectivity index (χ4v) is 5.81. The molecule has 2 aliphatic heterocycles. The molecule has 0 saturated carbocycles. The zero-order chi connectivity index (χ0) is 19.1. The summed E-state index contributed by atoms with van der Waals surface area (Å²) in [6, 6.07) is 17.2. The lowest BCUT2D eigenvalue weighted by atomic mass is 9.85. The van der Waals surface area contributed by atoms with Gasteiger partial charge in [-0.05, 0) is 61.6 Å². The van der Waals surface area contributed by atoms with Crippen LogP contribution in [-0.2, 0) is 4.79 Å². The van der Waals surface area contributed by atoms with Crippen molar-refractivity contribution in [3.63, 3.8) is 0 Å². The molecule has 1 unspecified atom stereocenters. The van der Waals surface area contributed by atoms with Crippen molar-refractivity contribution in [1.29, 1.82) is 0 Å². The van der Waals surface area contributed by atoms with E-state index in [9.17, 15) is 4.79 Å². The van der Waals surface area contributed by atoms with Gasteiger partial charge < -0.3 is 0 Å². The van der Waals surface area contributed by atoms with Gasteiger partial charge in [0.2, 0.25) is 5.91 Å². The van der Waals surface area contributed by atoms with Crippen LogP contribution in [0.5, 0.6) is 0 Å². The van der Waals surface area contributed by atoms with Crippen LogP contribution in [0.2, 0.25) is 0 Å². The minimum atomic E-state index is -0.362. The SMILES string of the molecule is CC1(C)CC(=O)N2N1C1C(=C(c3ccccc3Br)c3ccccc31)C2(C)C. The zero-order valence-electron chi connectivity index (χ0n) is 16.1. The first-order valence-corrected chi connectivity index (χ1v) is 10.3. The van der Waals surface area contributed by atoms with Crippen LogP contribution in [0, 0.1) is 0 Å². The van der Waals surface area contributed by atoms with E-state index in [2.05, 4.69) is 91.1 Å². The van der Waals surface area contributed by atoms with Gasteiger partial charge in [0.25, 0.3) is 0 Å². The minimum Gasteiger partial charge on any atom is -0.273 e. The number of fused-ring (bicyclic) bond motifs is 5. The Kier molecular flexibility index (Phi) is 3.40. The van der Waals surface area contributed by atoms with Gasteiger partial charge in [-0.15, -0.1) is 0 Å². The molecule has 2 fully saturated rings. The standard InChI is InChI=1S/C23H23BrN2O/c1-22(2)13-18(27)25-23(3,4)20-19(16-11-7-8-12-17(16)24)14-9-5-6-10-15(14)21(20)26(22)25/h5-12,21H,13H2,1-4H3. The molecular weight excluding hydrogens is 400 g/mol. The summed E-state index contributed by atoms with van der Waals surface area (Å²) < 4.78 is 1.09. The van der Waals surface area contributed by atoms with Gasteiger partial charge in [0.05, 0.1) is 11.6 Å². The molecule has 0 spiro atoms. The summed E-state index contributed by atoms with van der Waals surface area (Å²) in [5.41, 5.74) is 5.82. The van der Waals surface area contributed by atoms with Gasteiger partial charge in [0.15, 0.2) is 0 Å². The third kappa shape index (κ3) is 2.08. The van der Waals surface area contributed by atoms with Crippen molar-refractivity contribution in [3.05, 3.63) is 75.3 Å². The molecule has 2 aromatic rings. The lowest BCUT2D eigenvalue weighted by molar-refractivity contribution is -0.145. The van der Waals surface area contributed by atoms with Gasteiger partial charge in [-0.1, -0.05) is 58.4 Å². The molecule has 3 nitrogen and oxygen atoms in total. The molecule has 138 valence electrons. The summed E-state index contributed by atoms with van der Waals surface area (Å²) in [4.78, 5) is 13.0. The van der Waals surface area contributed by atoms with E-state index >= 15 is 0 Å². The third-order valence-corrected chi connectivity index (χ3v) is 6.99. The van der Waals surface area contributed by atoms with Crippen molar-refractivity contribution in [1.82, 2.24) is 10.0 Å². The number of hydrazine groups is 1. The maximum absolute atomic E-state index is 13.0. The molecule has 0 radical (unpaired) electrons. The highest BCUT2D eigenvalue weighted by atomic mass is 79.9. The Bertz CT molecular complexity index is 1020. The maximum Gasteiger partial charge on any atom is 0.239 e. The molecule has 2 saturated heterocycles. The molecule has 1 amide bonds. The van der Waals surface area contributed by atoms with Gasteiger partial charge in [0, 0.05) is 16.4 Å². The van der Waals surface area contributed by atoms with Gasteiger partial charge in [0.1, 0.15) is 0 Å². The van der Waals surface area contributed by atoms with Crippen LogP contribution in [-0.4, -0.2) is 27.0 Å². The summed E-state index contributed by atoms with van der Waals surface area (Å²) in [5.74, 6) is 0.218. The molecule has 3 aliphatic rings. The second-order valence-electron chi connectivity index (χ2n) is 8.86. The molecular formula is C23H23BrN2O. The van der Waals surface area contributed by atoms with Gasteiger partial charge in [-0.25, -0.2) is 5.01 Å². The average Bonchev–Trinajstić information content (AvgIpc) is 3.15. The summed E-state index contributed by atoms with van der Waals surface area (Å²) in [5, 5.41) is 4.37. The predicted molar refractivity (Wildman–Crippen MR) is 111 cm³/mol. The van der Waals surface area contributed by atoms with E-state index in [4.69, 9.17) is 0 Å². The number of rotatable bonds is 1. The third-order valence-electron chi connectivity index (χ3n) is 6.30. The molecule has 1 aliphatic carbocycles. The molecule has 0 bridgehead atoms. The van der Waals surface area contributed by atoms with Crippen molar-refractivity contribution in [3.8, 4) is 0 Å². The summed E-state index contributed by atoms with van der Waals surface area (Å²) in [6.07, 6.45) is 0.562. The summed E-state index contributed by atoms with van der Waals surface area (Å²) >= 11 is 3.76. The van der Waals surface area contributed by atoms with Crippen LogP contribution in [0.25, 0.3) is 5.57 Å². The molecule has 1 atom stereocenters. The van der Waals surface area contributed by atoms with Crippen molar-refractivity contribution >= 4 is 27.4 Å². The lowest BCUT2D eigenvalue weighted by Crippen LogP contribution is -2.49. The fraction of sp³-hybridized carbons (Fsp3) is 0.348. The van der Waals surface area contributed by atoms with E-state index in [0.717, 1.165) is 4.47 Å². The topological polar surface area (TPSA) is 23.6 Å². The molecule has 2 heterocycles. The van der Waals surface area contributed by atoms with E-state index in [1.165, 1.54) is 27.8 Å². The Morgan fingerprint density at radius 3 is 2.30 bits per heavy atom. The number of hydrogen-bond donors (Lipinski definition) is 0. The fourth-order valence-electron chi connectivity index (χ4n) is 5.33. The van der Waals surface area contributed by atoms with Crippen LogP contribution < -0.4 is 0 Å². The van der Waals surface area contributed by atoms with Crippen LogP contribution in [0.3, 0.4) is 0 Å².